The number of ether oxygens (including phenoxy) is 2. The Bertz CT molecular complexity index is 1210. The number of esters is 1. The molecule has 168 valence electrons. The monoisotopic (exact) mass is 462 g/mol. The Balaban J connectivity index is 1.57. The van der Waals surface area contributed by atoms with Gasteiger partial charge in [0.05, 0.1) is 16.9 Å². The summed E-state index contributed by atoms with van der Waals surface area (Å²) in [5, 5.41) is 14.4. The molecule has 13 heteroatoms. The van der Waals surface area contributed by atoms with Crippen LogP contribution in [0.1, 0.15) is 12.8 Å². The Morgan fingerprint density at radius 3 is 2.44 bits per heavy atom. The molecule has 1 N–H and O–H groups in total. The number of carbonyl (C=O) groups is 1. The van der Waals surface area contributed by atoms with Crippen molar-refractivity contribution in [2.75, 3.05) is 7.11 Å². The van der Waals surface area contributed by atoms with Gasteiger partial charge in [0.25, 0.3) is 11.6 Å². The highest BCUT2D eigenvalue weighted by Gasteiger charge is 2.24. The standard InChI is InChI=1S/C19H18N4O8S/c1-12(22-32(27,28)16-9-7-15(29-2)8-10-16)19(24)30-11-17-20-18(21-31-17)13-3-5-14(6-4-13)23(25)26/h3-10,12,22H,11H2,1-2H3/t12-/m0/s1. The molecule has 0 aliphatic heterocycles. The number of hydrogen-bond donors (Lipinski definition) is 1. The number of nitro benzene ring substituents is 1. The molecule has 1 heterocycles. The van der Waals surface area contributed by atoms with Gasteiger partial charge in [0, 0.05) is 17.7 Å². The molecule has 2 aromatic carbocycles. The van der Waals surface area contributed by atoms with Crippen LogP contribution in [0.2, 0.25) is 0 Å². The van der Waals surface area contributed by atoms with Crippen molar-refractivity contribution in [3.8, 4) is 17.1 Å². The minimum absolute atomic E-state index is 0.0306. The Morgan fingerprint density at radius 2 is 1.84 bits per heavy atom. The smallest absolute Gasteiger partial charge is 0.324 e. The van der Waals surface area contributed by atoms with Gasteiger partial charge in [0.2, 0.25) is 15.8 Å². The molecule has 3 rings (SSSR count). The molecular weight excluding hydrogens is 444 g/mol. The van der Waals surface area contributed by atoms with E-state index in [1.54, 1.807) is 0 Å². The largest absolute Gasteiger partial charge is 0.497 e. The Labute approximate surface area is 182 Å². The maximum absolute atomic E-state index is 12.4. The number of nitro groups is 1. The van der Waals surface area contributed by atoms with E-state index in [1.165, 1.54) is 62.6 Å². The number of nitrogens with one attached hydrogen (secondary N) is 1. The van der Waals surface area contributed by atoms with Gasteiger partial charge in [0.1, 0.15) is 11.8 Å². The molecule has 12 nitrogen and oxygen atoms in total. The van der Waals surface area contributed by atoms with E-state index in [1.807, 2.05) is 0 Å². The van der Waals surface area contributed by atoms with Crippen LogP contribution in [0, 0.1) is 10.1 Å². The zero-order valence-corrected chi connectivity index (χ0v) is 17.7. The Kier molecular flexibility index (Phi) is 6.80. The number of methoxy groups -OCH3 is 1. The van der Waals surface area contributed by atoms with Crippen molar-refractivity contribution in [2.45, 2.75) is 24.5 Å². The van der Waals surface area contributed by atoms with Crippen LogP contribution < -0.4 is 9.46 Å². The van der Waals surface area contributed by atoms with E-state index in [4.69, 9.17) is 14.0 Å². The molecule has 0 unspecified atom stereocenters. The summed E-state index contributed by atoms with van der Waals surface area (Å²) in [4.78, 5) is 26.4. The molecular formula is C19H18N4O8S. The molecule has 0 fully saturated rings. The van der Waals surface area contributed by atoms with E-state index in [-0.39, 0.29) is 28.9 Å². The van der Waals surface area contributed by atoms with Crippen molar-refractivity contribution < 1.29 is 32.1 Å². The molecule has 0 spiro atoms. The van der Waals surface area contributed by atoms with E-state index in [0.29, 0.717) is 11.3 Å². The minimum Gasteiger partial charge on any atom is -0.497 e. The second kappa shape index (κ2) is 9.53. The van der Waals surface area contributed by atoms with Gasteiger partial charge in [0.15, 0.2) is 6.61 Å². The van der Waals surface area contributed by atoms with Crippen LogP contribution in [-0.2, 0) is 26.2 Å². The first-order valence-corrected chi connectivity index (χ1v) is 10.6. The van der Waals surface area contributed by atoms with Gasteiger partial charge in [-0.3, -0.25) is 14.9 Å². The number of benzene rings is 2. The molecule has 0 aliphatic rings. The highest BCUT2D eigenvalue weighted by Crippen LogP contribution is 2.20. The zero-order chi connectivity index (χ0) is 23.3. The van der Waals surface area contributed by atoms with Gasteiger partial charge < -0.3 is 14.0 Å². The van der Waals surface area contributed by atoms with Crippen LogP contribution in [0.15, 0.2) is 57.9 Å². The first-order valence-electron chi connectivity index (χ1n) is 9.10. The van der Waals surface area contributed by atoms with Gasteiger partial charge >= 0.3 is 5.97 Å². The molecule has 1 atom stereocenters. The summed E-state index contributed by atoms with van der Waals surface area (Å²) in [5.74, 6) is -0.239. The summed E-state index contributed by atoms with van der Waals surface area (Å²) in [6, 6.07) is 9.97. The third-order valence-electron chi connectivity index (χ3n) is 4.20. The maximum Gasteiger partial charge on any atom is 0.324 e. The summed E-state index contributed by atoms with van der Waals surface area (Å²) < 4.78 is 42.1. The summed E-state index contributed by atoms with van der Waals surface area (Å²) in [6.45, 7) is 0.951. The average molecular weight is 462 g/mol. The fourth-order valence-electron chi connectivity index (χ4n) is 2.52. The van der Waals surface area contributed by atoms with Crippen LogP contribution >= 0.6 is 0 Å². The quantitative estimate of drug-likeness (QED) is 0.283. The predicted octanol–water partition coefficient (Wildman–Crippen LogP) is 2.06. The molecule has 0 saturated carbocycles. The second-order valence-electron chi connectivity index (χ2n) is 6.44. The summed E-state index contributed by atoms with van der Waals surface area (Å²) >= 11 is 0. The van der Waals surface area contributed by atoms with Crippen molar-refractivity contribution >= 4 is 21.7 Å². The van der Waals surface area contributed by atoms with E-state index < -0.39 is 27.0 Å². The fraction of sp³-hybridized carbons (Fsp3) is 0.211. The van der Waals surface area contributed by atoms with E-state index in [0.717, 1.165) is 0 Å². The molecule has 0 bridgehead atoms. The maximum atomic E-state index is 12.4. The highest BCUT2D eigenvalue weighted by molar-refractivity contribution is 7.89. The summed E-state index contributed by atoms with van der Waals surface area (Å²) in [7, 11) is -2.50. The van der Waals surface area contributed by atoms with Gasteiger partial charge in [-0.05, 0) is 43.3 Å². The lowest BCUT2D eigenvalue weighted by atomic mass is 10.2. The number of nitrogens with zero attached hydrogens (tertiary/aromatic N) is 3. The second-order valence-corrected chi connectivity index (χ2v) is 8.16. The number of non-ortho nitro benzene ring substituents is 1. The predicted molar refractivity (Wildman–Crippen MR) is 109 cm³/mol. The van der Waals surface area contributed by atoms with Crippen LogP contribution in [0.25, 0.3) is 11.4 Å². The molecule has 1 aromatic heterocycles. The van der Waals surface area contributed by atoms with Crippen molar-refractivity contribution in [3.63, 3.8) is 0 Å². The molecule has 0 amide bonds. The lowest BCUT2D eigenvalue weighted by Gasteiger charge is -2.13. The molecule has 3 aromatic rings. The lowest BCUT2D eigenvalue weighted by Crippen LogP contribution is -2.39. The van der Waals surface area contributed by atoms with Gasteiger partial charge in [-0.2, -0.15) is 9.71 Å². The molecule has 0 aliphatic carbocycles. The van der Waals surface area contributed by atoms with E-state index >= 15 is 0 Å². The van der Waals surface area contributed by atoms with E-state index in [9.17, 15) is 23.3 Å². The van der Waals surface area contributed by atoms with Crippen LogP contribution in [0.4, 0.5) is 5.69 Å². The fourth-order valence-corrected chi connectivity index (χ4v) is 3.72. The zero-order valence-electron chi connectivity index (χ0n) is 16.9. The van der Waals surface area contributed by atoms with Crippen LogP contribution in [0.3, 0.4) is 0 Å². The summed E-state index contributed by atoms with van der Waals surface area (Å²) in [6.07, 6.45) is 0. The third kappa shape index (κ3) is 5.44. The number of rotatable bonds is 9. The van der Waals surface area contributed by atoms with Crippen molar-refractivity contribution in [1.29, 1.82) is 0 Å². The number of carbonyl (C=O) groups excluding carboxylic acids is 1. The number of hydrogen-bond acceptors (Lipinski definition) is 10. The molecule has 0 radical (unpaired) electrons. The van der Waals surface area contributed by atoms with Crippen molar-refractivity contribution in [2.24, 2.45) is 0 Å². The minimum atomic E-state index is -3.96. The first-order chi connectivity index (χ1) is 15.2. The number of aromatic nitrogens is 2. The molecule has 0 saturated heterocycles. The van der Waals surface area contributed by atoms with Crippen molar-refractivity contribution in [3.05, 3.63) is 64.5 Å². The molecule has 32 heavy (non-hydrogen) atoms. The van der Waals surface area contributed by atoms with Gasteiger partial charge in [-0.1, -0.05) is 5.16 Å². The van der Waals surface area contributed by atoms with Gasteiger partial charge in [-0.15, -0.1) is 0 Å². The van der Waals surface area contributed by atoms with Crippen LogP contribution in [-0.4, -0.2) is 42.6 Å². The average Bonchev–Trinajstić information content (AvgIpc) is 3.26. The first kappa shape index (κ1) is 22.8. The highest BCUT2D eigenvalue weighted by atomic mass is 32.2. The Morgan fingerprint density at radius 1 is 1.19 bits per heavy atom. The lowest BCUT2D eigenvalue weighted by molar-refractivity contribution is -0.384. The SMILES string of the molecule is COc1ccc(S(=O)(=O)N[C@@H](C)C(=O)OCc2nc(-c3ccc([N+](=O)[O-])cc3)no2)cc1. The van der Waals surface area contributed by atoms with Crippen LogP contribution in [0.5, 0.6) is 5.75 Å². The Hall–Kier alpha value is -3.84. The van der Waals surface area contributed by atoms with Gasteiger partial charge in [-0.25, -0.2) is 8.42 Å². The summed E-state index contributed by atoms with van der Waals surface area (Å²) in [5.41, 5.74) is 0.384. The van der Waals surface area contributed by atoms with Crippen molar-refractivity contribution in [1.82, 2.24) is 14.9 Å². The topological polar surface area (TPSA) is 164 Å². The van der Waals surface area contributed by atoms with E-state index in [2.05, 4.69) is 14.9 Å². The number of sulfonamides is 1. The normalized spacial score (nSPS) is 12.2. The third-order valence-corrected chi connectivity index (χ3v) is 5.75.